The van der Waals surface area contributed by atoms with Gasteiger partial charge < -0.3 is 24.9 Å². The van der Waals surface area contributed by atoms with Crippen LogP contribution in [0.4, 0.5) is 5.95 Å². The summed E-state index contributed by atoms with van der Waals surface area (Å²) in [7, 11) is 4.17. The number of aromatic nitrogens is 3. The number of carbonyl (C=O) groups excluding carboxylic acids is 1. The van der Waals surface area contributed by atoms with Crippen LogP contribution in [0, 0.1) is 0 Å². The van der Waals surface area contributed by atoms with Gasteiger partial charge in [0.2, 0.25) is 5.95 Å². The number of piperazine rings is 1. The number of anilines is 1. The van der Waals surface area contributed by atoms with Crippen LogP contribution in [0.5, 0.6) is 0 Å². The number of nitrogens with zero attached hydrogens (tertiary/aromatic N) is 5. The molecule has 5 rings (SSSR count). The van der Waals surface area contributed by atoms with E-state index in [-0.39, 0.29) is 18.9 Å². The largest absolute Gasteiger partial charge is 0.483 e. The van der Waals surface area contributed by atoms with Crippen molar-refractivity contribution in [3.8, 4) is 11.1 Å². The van der Waals surface area contributed by atoms with E-state index in [4.69, 9.17) is 19.8 Å². The highest BCUT2D eigenvalue weighted by Gasteiger charge is 2.23. The molecule has 204 valence electrons. The van der Waals surface area contributed by atoms with Gasteiger partial charge in [-0.15, -0.1) is 0 Å². The number of carboxylic acid groups (broad SMARTS) is 2. The van der Waals surface area contributed by atoms with Gasteiger partial charge in [0.15, 0.2) is 0 Å². The van der Waals surface area contributed by atoms with Crippen molar-refractivity contribution in [3.63, 3.8) is 0 Å². The SMILES string of the molecule is CN(C)Cc1ccccc1-c1ccc2cc(C(=O)N3CCN(c4ncn[nH]4)CC3)ccc2c1.O=CO.O=CO. The highest BCUT2D eigenvalue weighted by molar-refractivity contribution is 5.99. The Morgan fingerprint density at radius 3 is 2.23 bits per heavy atom. The van der Waals surface area contributed by atoms with Gasteiger partial charge in [-0.25, -0.2) is 5.10 Å². The summed E-state index contributed by atoms with van der Waals surface area (Å²) in [6.45, 7) is 3.21. The molecule has 0 aliphatic carbocycles. The number of fused-ring (bicyclic) bond motifs is 1. The van der Waals surface area contributed by atoms with Crippen LogP contribution < -0.4 is 4.90 Å². The molecular weight excluding hydrogens is 500 g/mol. The third-order valence-corrected chi connectivity index (χ3v) is 6.17. The Hall–Kier alpha value is -4.77. The van der Waals surface area contributed by atoms with E-state index in [1.165, 1.54) is 23.0 Å². The molecule has 1 saturated heterocycles. The molecule has 39 heavy (non-hydrogen) atoms. The highest BCUT2D eigenvalue weighted by atomic mass is 16.3. The van der Waals surface area contributed by atoms with Crippen molar-refractivity contribution in [1.29, 1.82) is 0 Å². The van der Waals surface area contributed by atoms with Crippen LogP contribution in [0.3, 0.4) is 0 Å². The monoisotopic (exact) mass is 532 g/mol. The maximum atomic E-state index is 13.1. The highest BCUT2D eigenvalue weighted by Crippen LogP contribution is 2.29. The van der Waals surface area contributed by atoms with E-state index < -0.39 is 0 Å². The molecule has 2 heterocycles. The molecule has 1 aliphatic rings. The minimum Gasteiger partial charge on any atom is -0.483 e. The van der Waals surface area contributed by atoms with Crippen molar-refractivity contribution in [2.24, 2.45) is 0 Å². The fourth-order valence-corrected chi connectivity index (χ4v) is 4.48. The molecule has 0 saturated carbocycles. The van der Waals surface area contributed by atoms with Gasteiger partial charge in [0.1, 0.15) is 6.33 Å². The Labute approximate surface area is 226 Å². The van der Waals surface area contributed by atoms with Gasteiger partial charge in [-0.2, -0.15) is 10.1 Å². The molecule has 11 heteroatoms. The molecule has 3 N–H and O–H groups in total. The first kappa shape index (κ1) is 28.8. The summed E-state index contributed by atoms with van der Waals surface area (Å²) in [5, 5.41) is 22.8. The molecular formula is C28H32N6O5. The maximum Gasteiger partial charge on any atom is 0.290 e. The molecule has 4 aromatic rings. The second kappa shape index (κ2) is 14.2. The molecule has 1 aliphatic heterocycles. The second-order valence-electron chi connectivity index (χ2n) is 8.97. The van der Waals surface area contributed by atoms with Gasteiger partial charge in [-0.3, -0.25) is 14.4 Å². The average molecular weight is 533 g/mol. The molecule has 1 fully saturated rings. The number of carbonyl (C=O) groups is 3. The lowest BCUT2D eigenvalue weighted by Gasteiger charge is -2.34. The summed E-state index contributed by atoms with van der Waals surface area (Å²) in [4.78, 5) is 40.3. The van der Waals surface area contributed by atoms with Crippen molar-refractivity contribution in [3.05, 3.63) is 78.1 Å². The minimum atomic E-state index is -0.250. The smallest absolute Gasteiger partial charge is 0.290 e. The number of hydrogen-bond donors (Lipinski definition) is 3. The first-order valence-corrected chi connectivity index (χ1v) is 12.2. The summed E-state index contributed by atoms with van der Waals surface area (Å²) in [5.41, 5.74) is 4.48. The van der Waals surface area contributed by atoms with E-state index in [1.807, 2.05) is 17.0 Å². The second-order valence-corrected chi connectivity index (χ2v) is 8.97. The first-order valence-electron chi connectivity index (χ1n) is 12.2. The Bertz CT molecular complexity index is 1360. The average Bonchev–Trinajstić information content (AvgIpc) is 3.48. The van der Waals surface area contributed by atoms with Gasteiger partial charge in [-0.1, -0.05) is 42.5 Å². The van der Waals surface area contributed by atoms with Gasteiger partial charge in [-0.05, 0) is 59.8 Å². The van der Waals surface area contributed by atoms with Crippen LogP contribution >= 0.6 is 0 Å². The molecule has 0 spiro atoms. The number of H-pyrrole nitrogens is 1. The van der Waals surface area contributed by atoms with Crippen LogP contribution in [-0.4, -0.2) is 94.3 Å². The van der Waals surface area contributed by atoms with Crippen LogP contribution in [0.15, 0.2) is 67.0 Å². The van der Waals surface area contributed by atoms with Gasteiger partial charge in [0, 0.05) is 38.3 Å². The van der Waals surface area contributed by atoms with E-state index in [2.05, 4.69) is 87.6 Å². The summed E-state index contributed by atoms with van der Waals surface area (Å²) in [6, 6.07) is 21.0. The van der Waals surface area contributed by atoms with Gasteiger partial charge >= 0.3 is 0 Å². The third kappa shape index (κ3) is 7.62. The lowest BCUT2D eigenvalue weighted by Crippen LogP contribution is -2.49. The summed E-state index contributed by atoms with van der Waals surface area (Å²) >= 11 is 0. The zero-order valence-electron chi connectivity index (χ0n) is 21.9. The van der Waals surface area contributed by atoms with E-state index in [0.717, 1.165) is 41.9 Å². The van der Waals surface area contributed by atoms with Crippen LogP contribution in [0.1, 0.15) is 15.9 Å². The number of amides is 1. The molecule has 3 aromatic carbocycles. The molecule has 1 aromatic heterocycles. The Balaban J connectivity index is 0.000000643. The number of aromatic amines is 1. The summed E-state index contributed by atoms with van der Waals surface area (Å²) in [5.74, 6) is 0.838. The third-order valence-electron chi connectivity index (χ3n) is 6.17. The fraction of sp³-hybridized carbons (Fsp3) is 0.250. The van der Waals surface area contributed by atoms with Crippen molar-refractivity contribution in [1.82, 2.24) is 25.0 Å². The standard InChI is InChI=1S/C26H28N6O.2CH2O2/c1-30(2)17-23-5-3-4-6-24(23)21-9-7-20-16-22(10-8-19(20)15-21)25(33)31-11-13-32(14-12-31)26-27-18-28-29-26;2*2-1-3/h3-10,15-16,18H,11-14,17H2,1-2H3,(H,27,28,29);2*1H,(H,2,3). The molecule has 1 amide bonds. The van der Waals surface area contributed by atoms with Crippen molar-refractivity contribution in [2.75, 3.05) is 45.2 Å². The van der Waals surface area contributed by atoms with Crippen molar-refractivity contribution < 1.29 is 24.6 Å². The normalized spacial score (nSPS) is 12.7. The Kier molecular flexibility index (Phi) is 10.5. The molecule has 0 radical (unpaired) electrons. The quantitative estimate of drug-likeness (QED) is 0.331. The molecule has 0 unspecified atom stereocenters. The molecule has 11 nitrogen and oxygen atoms in total. The minimum absolute atomic E-state index is 0.0783. The number of hydrogen-bond acceptors (Lipinski definition) is 7. The van der Waals surface area contributed by atoms with Crippen LogP contribution in [-0.2, 0) is 16.1 Å². The van der Waals surface area contributed by atoms with Crippen LogP contribution in [0.2, 0.25) is 0 Å². The van der Waals surface area contributed by atoms with E-state index in [0.29, 0.717) is 13.1 Å². The van der Waals surface area contributed by atoms with Crippen molar-refractivity contribution in [2.45, 2.75) is 6.54 Å². The summed E-state index contributed by atoms with van der Waals surface area (Å²) in [6.07, 6.45) is 1.51. The van der Waals surface area contributed by atoms with E-state index >= 15 is 0 Å². The fourth-order valence-electron chi connectivity index (χ4n) is 4.48. The predicted molar refractivity (Wildman–Crippen MR) is 149 cm³/mol. The number of rotatable bonds is 5. The number of nitrogens with one attached hydrogen (secondary N) is 1. The first-order chi connectivity index (χ1) is 18.9. The van der Waals surface area contributed by atoms with E-state index in [9.17, 15) is 4.79 Å². The Morgan fingerprint density at radius 2 is 1.59 bits per heavy atom. The zero-order chi connectivity index (χ0) is 28.2. The van der Waals surface area contributed by atoms with Crippen molar-refractivity contribution >= 4 is 35.6 Å². The predicted octanol–water partition coefficient (Wildman–Crippen LogP) is 3.05. The molecule has 0 bridgehead atoms. The topological polar surface area (TPSA) is 143 Å². The Morgan fingerprint density at radius 1 is 0.949 bits per heavy atom. The van der Waals surface area contributed by atoms with Crippen LogP contribution in [0.25, 0.3) is 21.9 Å². The van der Waals surface area contributed by atoms with E-state index in [1.54, 1.807) is 0 Å². The van der Waals surface area contributed by atoms with Gasteiger partial charge in [0.25, 0.3) is 18.9 Å². The zero-order valence-corrected chi connectivity index (χ0v) is 21.9. The maximum absolute atomic E-state index is 13.1. The lowest BCUT2D eigenvalue weighted by molar-refractivity contribution is -0.123. The lowest BCUT2D eigenvalue weighted by atomic mass is 9.96. The summed E-state index contributed by atoms with van der Waals surface area (Å²) < 4.78 is 0. The number of benzene rings is 3. The molecule has 0 atom stereocenters. The van der Waals surface area contributed by atoms with Gasteiger partial charge in [0.05, 0.1) is 0 Å².